The first-order valence-electron chi connectivity index (χ1n) is 9.84. The highest BCUT2D eigenvalue weighted by atomic mass is 32.1. The number of fused-ring (bicyclic) bond motifs is 1. The number of likely N-dealkylation sites (tertiary alicyclic amines) is 1. The third kappa shape index (κ3) is 6.40. The molecular formula is C19H25F3N2O5S. The van der Waals surface area contributed by atoms with Crippen molar-refractivity contribution >= 4 is 23.2 Å². The summed E-state index contributed by atoms with van der Waals surface area (Å²) in [5, 5.41) is 13.0. The first-order chi connectivity index (χ1) is 14.2. The van der Waals surface area contributed by atoms with E-state index in [2.05, 4.69) is 21.7 Å². The Morgan fingerprint density at radius 2 is 2.03 bits per heavy atom. The molecule has 7 nitrogen and oxygen atoms in total. The number of aliphatic carboxylic acids is 1. The number of carboxylic acid groups (broad SMARTS) is 1. The van der Waals surface area contributed by atoms with Crippen LogP contribution in [0.4, 0.5) is 13.2 Å². The molecule has 0 unspecified atom stereocenters. The van der Waals surface area contributed by atoms with Crippen molar-refractivity contribution in [3.63, 3.8) is 0 Å². The number of carboxylic acids is 1. The summed E-state index contributed by atoms with van der Waals surface area (Å²) in [4.78, 5) is 29.1. The molecule has 1 aromatic rings. The van der Waals surface area contributed by atoms with Gasteiger partial charge >= 0.3 is 12.1 Å². The minimum Gasteiger partial charge on any atom is -0.475 e. The Kier molecular flexibility index (Phi) is 7.72. The first-order valence-corrected chi connectivity index (χ1v) is 10.8. The molecule has 1 N–H and O–H groups in total. The second kappa shape index (κ2) is 10.1. The zero-order valence-corrected chi connectivity index (χ0v) is 17.2. The highest BCUT2D eigenvalue weighted by Crippen LogP contribution is 2.35. The molecule has 3 aliphatic heterocycles. The number of rotatable bonds is 4. The summed E-state index contributed by atoms with van der Waals surface area (Å²) >= 11 is 1.75. The van der Waals surface area contributed by atoms with Gasteiger partial charge in [-0.15, -0.1) is 0 Å². The fourth-order valence-corrected chi connectivity index (χ4v) is 4.60. The number of halogens is 3. The molecule has 4 rings (SSSR count). The smallest absolute Gasteiger partial charge is 0.475 e. The Labute approximate surface area is 176 Å². The summed E-state index contributed by atoms with van der Waals surface area (Å²) in [5.74, 6) is -2.09. The van der Waals surface area contributed by atoms with Gasteiger partial charge in [-0.1, -0.05) is 0 Å². The van der Waals surface area contributed by atoms with E-state index in [9.17, 15) is 18.0 Å². The second-order valence-corrected chi connectivity index (χ2v) is 8.44. The van der Waals surface area contributed by atoms with Gasteiger partial charge < -0.3 is 9.84 Å². The molecule has 0 radical (unpaired) electrons. The maximum Gasteiger partial charge on any atom is 0.490 e. The number of hydrogen-bond acceptors (Lipinski definition) is 6. The average Bonchev–Trinajstić information content (AvgIpc) is 3.39. The zero-order valence-electron chi connectivity index (χ0n) is 16.3. The minimum absolute atomic E-state index is 0.0753. The van der Waals surface area contributed by atoms with Crippen LogP contribution in [0.3, 0.4) is 0 Å². The Balaban J connectivity index is 0.000000318. The fourth-order valence-electron chi connectivity index (χ4n) is 3.94. The van der Waals surface area contributed by atoms with Crippen LogP contribution in [0.2, 0.25) is 0 Å². The monoisotopic (exact) mass is 450 g/mol. The van der Waals surface area contributed by atoms with Crippen molar-refractivity contribution in [1.29, 1.82) is 0 Å². The van der Waals surface area contributed by atoms with Crippen LogP contribution in [0.25, 0.3) is 0 Å². The number of hydrogen-bond donors (Lipinski definition) is 1. The van der Waals surface area contributed by atoms with Crippen molar-refractivity contribution in [2.75, 3.05) is 26.2 Å². The molecule has 4 heterocycles. The lowest BCUT2D eigenvalue weighted by Crippen LogP contribution is -2.37. The van der Waals surface area contributed by atoms with Crippen LogP contribution < -0.4 is 0 Å². The molecule has 1 amide bonds. The van der Waals surface area contributed by atoms with Gasteiger partial charge in [-0.05, 0) is 41.7 Å². The van der Waals surface area contributed by atoms with E-state index >= 15 is 0 Å². The van der Waals surface area contributed by atoms with Crippen molar-refractivity contribution < 1.29 is 37.4 Å². The molecule has 0 aromatic carbocycles. The van der Waals surface area contributed by atoms with Gasteiger partial charge in [-0.3, -0.25) is 14.5 Å². The van der Waals surface area contributed by atoms with Gasteiger partial charge in [0.05, 0.1) is 25.2 Å². The Morgan fingerprint density at radius 1 is 1.27 bits per heavy atom. The van der Waals surface area contributed by atoms with E-state index < -0.39 is 12.1 Å². The second-order valence-electron chi connectivity index (χ2n) is 7.66. The van der Waals surface area contributed by atoms with Gasteiger partial charge in [0.25, 0.3) is 0 Å². The predicted octanol–water partition coefficient (Wildman–Crippen LogP) is 2.91. The number of alkyl halides is 3. The maximum atomic E-state index is 12.3. The SMILES string of the molecule is O=C(C[C@@H]1C[C@H]2CN(Cc3ccsc3)C[C@H]2O1)N1CCCCO1.O=C(O)C(F)(F)F. The third-order valence-corrected chi connectivity index (χ3v) is 6.03. The zero-order chi connectivity index (χ0) is 21.7. The van der Waals surface area contributed by atoms with Crippen molar-refractivity contribution in [2.45, 2.75) is 50.6 Å². The van der Waals surface area contributed by atoms with Gasteiger partial charge in [0.15, 0.2) is 0 Å². The van der Waals surface area contributed by atoms with Crippen molar-refractivity contribution in [1.82, 2.24) is 9.96 Å². The maximum absolute atomic E-state index is 12.3. The van der Waals surface area contributed by atoms with E-state index in [1.165, 1.54) is 5.56 Å². The largest absolute Gasteiger partial charge is 0.490 e. The van der Waals surface area contributed by atoms with Crippen LogP contribution in [0.5, 0.6) is 0 Å². The number of ether oxygens (including phenoxy) is 1. The average molecular weight is 450 g/mol. The molecule has 0 spiro atoms. The van der Waals surface area contributed by atoms with Gasteiger partial charge in [-0.2, -0.15) is 24.5 Å². The van der Waals surface area contributed by atoms with Crippen LogP contribution in [0, 0.1) is 5.92 Å². The highest BCUT2D eigenvalue weighted by Gasteiger charge is 2.42. The number of hydroxylamine groups is 2. The van der Waals surface area contributed by atoms with Crippen LogP contribution in [0.1, 0.15) is 31.2 Å². The van der Waals surface area contributed by atoms with Crippen LogP contribution >= 0.6 is 11.3 Å². The Bertz CT molecular complexity index is 696. The summed E-state index contributed by atoms with van der Waals surface area (Å²) in [5.41, 5.74) is 1.39. The van der Waals surface area contributed by atoms with Gasteiger partial charge in [0.1, 0.15) is 0 Å². The van der Waals surface area contributed by atoms with Crippen molar-refractivity contribution in [2.24, 2.45) is 5.92 Å². The topological polar surface area (TPSA) is 79.3 Å². The van der Waals surface area contributed by atoms with Crippen molar-refractivity contribution in [3.8, 4) is 0 Å². The third-order valence-electron chi connectivity index (χ3n) is 5.30. The summed E-state index contributed by atoms with van der Waals surface area (Å²) in [6, 6.07) is 2.19. The Morgan fingerprint density at radius 3 is 2.60 bits per heavy atom. The standard InChI is InChI=1S/C17H24N2O3S.C2HF3O2/c20-17(19-4-1-2-5-21-19)8-15-7-14-10-18(11-16(14)22-15)9-13-3-6-23-12-13;3-2(4,5)1(6)7/h3,6,12,14-16H,1-2,4-5,7-11H2;(H,6,7)/t14-,15-,16+;/m0./s1. The Hall–Kier alpha value is -1.69. The van der Waals surface area contributed by atoms with E-state index in [-0.39, 0.29) is 12.0 Å². The molecule has 30 heavy (non-hydrogen) atoms. The summed E-state index contributed by atoms with van der Waals surface area (Å²) in [6.45, 7) is 4.49. The number of nitrogens with zero attached hydrogens (tertiary/aromatic N) is 2. The van der Waals surface area contributed by atoms with E-state index in [0.717, 1.165) is 45.4 Å². The summed E-state index contributed by atoms with van der Waals surface area (Å²) in [7, 11) is 0. The van der Waals surface area contributed by atoms with E-state index in [0.29, 0.717) is 25.0 Å². The summed E-state index contributed by atoms with van der Waals surface area (Å²) < 4.78 is 37.9. The fraction of sp³-hybridized carbons (Fsp3) is 0.684. The van der Waals surface area contributed by atoms with Gasteiger partial charge in [0, 0.05) is 32.1 Å². The minimum atomic E-state index is -5.08. The molecular weight excluding hydrogens is 425 g/mol. The summed E-state index contributed by atoms with van der Waals surface area (Å²) in [6.07, 6.45) is -1.14. The molecule has 0 bridgehead atoms. The van der Waals surface area contributed by atoms with E-state index in [1.807, 2.05) is 0 Å². The van der Waals surface area contributed by atoms with Crippen molar-refractivity contribution in [3.05, 3.63) is 22.4 Å². The highest BCUT2D eigenvalue weighted by molar-refractivity contribution is 7.07. The molecule has 0 aliphatic carbocycles. The number of thiophene rings is 1. The number of amides is 1. The molecule has 3 saturated heterocycles. The first kappa shape index (κ1) is 23.0. The predicted molar refractivity (Wildman–Crippen MR) is 102 cm³/mol. The van der Waals surface area contributed by atoms with Gasteiger partial charge in [-0.25, -0.2) is 9.86 Å². The lowest BCUT2D eigenvalue weighted by Gasteiger charge is -2.27. The normalized spacial score (nSPS) is 26.8. The van der Waals surface area contributed by atoms with Crippen LogP contribution in [-0.4, -0.2) is 71.6 Å². The number of carbonyl (C=O) groups excluding carboxylic acids is 1. The van der Waals surface area contributed by atoms with E-state index in [1.54, 1.807) is 16.4 Å². The number of carbonyl (C=O) groups is 2. The lowest BCUT2D eigenvalue weighted by atomic mass is 10.0. The molecule has 3 atom stereocenters. The molecule has 3 fully saturated rings. The van der Waals surface area contributed by atoms with E-state index in [4.69, 9.17) is 19.5 Å². The quantitative estimate of drug-likeness (QED) is 0.760. The lowest BCUT2D eigenvalue weighted by molar-refractivity contribution is -0.199. The van der Waals surface area contributed by atoms with Crippen LogP contribution in [0.15, 0.2) is 16.8 Å². The van der Waals surface area contributed by atoms with Gasteiger partial charge in [0.2, 0.25) is 5.91 Å². The molecule has 1 aromatic heterocycles. The molecule has 3 aliphatic rings. The molecule has 0 saturated carbocycles. The molecule has 11 heteroatoms. The van der Waals surface area contributed by atoms with Crippen LogP contribution in [-0.2, 0) is 25.7 Å². The molecule has 168 valence electrons.